The lowest BCUT2D eigenvalue weighted by Gasteiger charge is -2.33. The number of aliphatic carboxylic acids is 1. The third-order valence-corrected chi connectivity index (χ3v) is 3.99. The highest BCUT2D eigenvalue weighted by molar-refractivity contribution is 5.69. The maximum absolute atomic E-state index is 11.3. The van der Waals surface area contributed by atoms with Gasteiger partial charge >= 0.3 is 17.9 Å². The molecule has 210 valence electrons. The molecule has 9 nitrogen and oxygen atoms in total. The van der Waals surface area contributed by atoms with Gasteiger partial charge in [-0.05, 0) is 39.0 Å². The lowest BCUT2D eigenvalue weighted by molar-refractivity contribution is -0.216. The highest BCUT2D eigenvalue weighted by Crippen LogP contribution is 2.22. The number of carbonyl (C=O) groups is 4. The summed E-state index contributed by atoms with van der Waals surface area (Å²) < 4.78 is 36.2. The Morgan fingerprint density at radius 1 is 0.943 bits per heavy atom. The molecule has 1 saturated heterocycles. The van der Waals surface area contributed by atoms with Gasteiger partial charge in [0.2, 0.25) is 0 Å². The molecule has 0 amide bonds. The minimum atomic E-state index is -0.789. The van der Waals surface area contributed by atoms with Crippen LogP contribution >= 0.6 is 0 Å². The van der Waals surface area contributed by atoms with Crippen molar-refractivity contribution in [3.63, 3.8) is 0 Å². The normalized spacial score (nSPS) is 17.7. The molecular weight excluding hydrogens is 470 g/mol. The van der Waals surface area contributed by atoms with Crippen LogP contribution in [0.2, 0.25) is 0 Å². The molecule has 1 aliphatic heterocycles. The number of unbranched alkanes of at least 4 members (excludes halogenated alkanes) is 1. The van der Waals surface area contributed by atoms with E-state index < -0.39 is 11.9 Å². The van der Waals surface area contributed by atoms with Crippen LogP contribution in [0.4, 0.5) is 8.92 Å². The van der Waals surface area contributed by atoms with Gasteiger partial charge in [-0.1, -0.05) is 27.7 Å². The topological polar surface area (TPSA) is 125 Å². The summed E-state index contributed by atoms with van der Waals surface area (Å²) >= 11 is 0. The molecule has 1 rings (SSSR count). The van der Waals surface area contributed by atoms with Crippen LogP contribution in [-0.2, 0) is 38.3 Å². The zero-order chi connectivity index (χ0) is 28.1. The van der Waals surface area contributed by atoms with Gasteiger partial charge in [-0.2, -0.15) is 0 Å². The summed E-state index contributed by atoms with van der Waals surface area (Å²) in [6, 6.07) is 0. The molecule has 0 aromatic heterocycles. The van der Waals surface area contributed by atoms with Crippen molar-refractivity contribution in [2.45, 2.75) is 117 Å². The highest BCUT2D eigenvalue weighted by atomic mass is 19.3. The van der Waals surface area contributed by atoms with E-state index in [0.717, 1.165) is 38.4 Å². The molecule has 35 heavy (non-hydrogen) atoms. The summed E-state index contributed by atoms with van der Waals surface area (Å²) in [5.74, 6) is -1.63. The number of aldehydes is 1. The quantitative estimate of drug-likeness (QED) is 0.295. The van der Waals surface area contributed by atoms with E-state index in [9.17, 15) is 28.1 Å². The van der Waals surface area contributed by atoms with Crippen molar-refractivity contribution >= 4 is 24.2 Å². The molecule has 0 aromatic carbocycles. The highest BCUT2D eigenvalue weighted by Gasteiger charge is 2.30. The number of rotatable bonds is 10. The number of carboxylic acids is 1. The molecular formula is C24H46F2O9. The second kappa shape index (κ2) is 31.9. The van der Waals surface area contributed by atoms with E-state index in [-0.39, 0.29) is 30.9 Å². The van der Waals surface area contributed by atoms with Crippen LogP contribution in [0.15, 0.2) is 0 Å². The Balaban J connectivity index is -0.000000202. The Morgan fingerprint density at radius 3 is 1.71 bits per heavy atom. The number of methoxy groups -OCH3 is 1. The summed E-state index contributed by atoms with van der Waals surface area (Å²) in [5.41, 5.74) is 0. The first kappa shape index (κ1) is 40.0. The fourth-order valence-electron chi connectivity index (χ4n) is 2.26. The first-order valence-electron chi connectivity index (χ1n) is 11.9. The predicted octanol–water partition coefficient (Wildman–Crippen LogP) is 5.53. The van der Waals surface area contributed by atoms with Crippen LogP contribution in [0.3, 0.4) is 0 Å². The van der Waals surface area contributed by atoms with E-state index >= 15 is 0 Å². The van der Waals surface area contributed by atoms with E-state index in [0.29, 0.717) is 32.9 Å². The molecule has 1 heterocycles. The zero-order valence-corrected chi connectivity index (χ0v) is 22.3. The minimum absolute atomic E-state index is 0.0792. The molecule has 0 radical (unpaired) electrons. The fraction of sp³-hybridized carbons (Fsp3) is 0.833. The molecule has 0 aliphatic carbocycles. The second-order valence-corrected chi connectivity index (χ2v) is 7.16. The van der Waals surface area contributed by atoms with Crippen LogP contribution in [-0.4, -0.2) is 62.1 Å². The van der Waals surface area contributed by atoms with Gasteiger partial charge in [0.15, 0.2) is 6.29 Å². The standard InChI is InChI=1S/C11H20O4.C4H7FO2.C4H8O2.C4H8O.CH3F/c1-4-5-10(12)15-9-6-7-11(13-3)14-8(9)2;1-2-3-4(6)7-5;1-2-3-4(5)6;1-2-3-4-5;1-2/h8-9,11H,4-7H2,1-3H3;2-3H2,1H3;2-3H2,1H3,(H,5,6);4H,2-3H2,1H3;1H3/t8-,9?,11?;;;;/m0..../s1. The average molecular weight is 517 g/mol. The molecule has 2 unspecified atom stereocenters. The van der Waals surface area contributed by atoms with Crippen LogP contribution in [0.5, 0.6) is 0 Å². The first-order chi connectivity index (χ1) is 16.7. The van der Waals surface area contributed by atoms with Gasteiger partial charge in [0.25, 0.3) is 0 Å². The summed E-state index contributed by atoms with van der Waals surface area (Å²) in [6.07, 6.45) is 6.98. The van der Waals surface area contributed by atoms with Crippen molar-refractivity contribution in [2.75, 3.05) is 14.3 Å². The fourth-order valence-corrected chi connectivity index (χ4v) is 2.26. The lowest BCUT2D eigenvalue weighted by atomic mass is 10.1. The molecule has 1 fully saturated rings. The van der Waals surface area contributed by atoms with E-state index in [2.05, 4.69) is 4.94 Å². The maximum Gasteiger partial charge on any atom is 0.348 e. The number of ether oxygens (including phenoxy) is 3. The summed E-state index contributed by atoms with van der Waals surface area (Å²) in [6.45, 7) is 9.47. The molecule has 0 bridgehead atoms. The van der Waals surface area contributed by atoms with Crippen LogP contribution in [0.25, 0.3) is 0 Å². The van der Waals surface area contributed by atoms with E-state index in [1.54, 1.807) is 14.0 Å². The van der Waals surface area contributed by atoms with Crippen LogP contribution < -0.4 is 0 Å². The number of carbonyl (C=O) groups excluding carboxylic acids is 3. The third kappa shape index (κ3) is 31.9. The first-order valence-corrected chi connectivity index (χ1v) is 11.9. The van der Waals surface area contributed by atoms with Gasteiger partial charge in [0, 0.05) is 43.7 Å². The minimum Gasteiger partial charge on any atom is -0.481 e. The SMILES string of the molecule is CCCC(=O)O.CCCC(=O)OC1CCC(OC)O[C@H]1C.CCCC(=O)OF.CCCC=O.CF. The molecule has 1 aliphatic rings. The van der Waals surface area contributed by atoms with Crippen molar-refractivity contribution in [1.29, 1.82) is 0 Å². The number of esters is 1. The summed E-state index contributed by atoms with van der Waals surface area (Å²) in [7, 11) is 2.13. The zero-order valence-electron chi connectivity index (χ0n) is 22.3. The average Bonchev–Trinajstić information content (AvgIpc) is 2.83. The summed E-state index contributed by atoms with van der Waals surface area (Å²) in [4.78, 5) is 43.0. The van der Waals surface area contributed by atoms with Gasteiger partial charge in [-0.15, -0.1) is 0 Å². The van der Waals surface area contributed by atoms with Crippen molar-refractivity contribution < 1.29 is 52.4 Å². The number of alkyl halides is 1. The molecule has 1 N–H and O–H groups in total. The number of halogens is 2. The van der Waals surface area contributed by atoms with E-state index in [1.807, 2.05) is 27.7 Å². The Labute approximate surface area is 208 Å². The Bertz CT molecular complexity index is 505. The third-order valence-electron chi connectivity index (χ3n) is 3.99. The van der Waals surface area contributed by atoms with Gasteiger partial charge in [0.05, 0.1) is 13.3 Å². The Kier molecular flexibility index (Phi) is 36.5. The van der Waals surface area contributed by atoms with E-state index in [4.69, 9.17) is 19.3 Å². The monoisotopic (exact) mass is 516 g/mol. The van der Waals surface area contributed by atoms with Gasteiger partial charge in [-0.25, -0.2) is 4.79 Å². The predicted molar refractivity (Wildman–Crippen MR) is 128 cm³/mol. The Morgan fingerprint density at radius 2 is 1.46 bits per heavy atom. The summed E-state index contributed by atoms with van der Waals surface area (Å²) in [5, 5.41) is 7.91. The van der Waals surface area contributed by atoms with Crippen molar-refractivity contribution in [1.82, 2.24) is 0 Å². The van der Waals surface area contributed by atoms with Crippen molar-refractivity contribution in [3.8, 4) is 0 Å². The molecule has 11 heteroatoms. The van der Waals surface area contributed by atoms with Crippen molar-refractivity contribution in [2.24, 2.45) is 0 Å². The number of hydrogen-bond acceptors (Lipinski definition) is 8. The molecule has 0 aromatic rings. The van der Waals surface area contributed by atoms with Gasteiger partial charge in [-0.3, -0.25) is 18.9 Å². The number of carboxylic acid groups (broad SMARTS) is 1. The second-order valence-electron chi connectivity index (χ2n) is 7.16. The van der Waals surface area contributed by atoms with Crippen LogP contribution in [0, 0.1) is 0 Å². The molecule has 3 atom stereocenters. The maximum atomic E-state index is 11.3. The number of hydrogen-bond donors (Lipinski definition) is 1. The lowest BCUT2D eigenvalue weighted by Crippen LogP contribution is -2.40. The largest absolute Gasteiger partial charge is 0.481 e. The van der Waals surface area contributed by atoms with E-state index in [1.165, 1.54) is 0 Å². The molecule has 0 saturated carbocycles. The Hall–Kier alpha value is -2.14. The van der Waals surface area contributed by atoms with Crippen LogP contribution in [0.1, 0.15) is 98.8 Å². The van der Waals surface area contributed by atoms with Gasteiger partial charge in [0.1, 0.15) is 12.4 Å². The van der Waals surface area contributed by atoms with Crippen molar-refractivity contribution in [3.05, 3.63) is 0 Å². The smallest absolute Gasteiger partial charge is 0.348 e. The molecule has 0 spiro atoms. The van der Waals surface area contributed by atoms with Gasteiger partial charge < -0.3 is 24.1 Å².